The van der Waals surface area contributed by atoms with E-state index in [-0.39, 0.29) is 11.6 Å². The summed E-state index contributed by atoms with van der Waals surface area (Å²) in [5, 5.41) is 2.82. The predicted molar refractivity (Wildman–Crippen MR) is 106 cm³/mol. The zero-order valence-electron chi connectivity index (χ0n) is 16.6. The van der Waals surface area contributed by atoms with E-state index in [2.05, 4.69) is 32.1 Å². The number of likely N-dealkylation sites (N-methyl/N-ethyl adjacent to an activating group) is 1. The van der Waals surface area contributed by atoms with Gasteiger partial charge < -0.3 is 29.3 Å². The Balaban J connectivity index is 1.79. The summed E-state index contributed by atoms with van der Waals surface area (Å²) >= 11 is 0. The van der Waals surface area contributed by atoms with Crippen molar-refractivity contribution in [2.75, 3.05) is 64.8 Å². The van der Waals surface area contributed by atoms with Gasteiger partial charge in [-0.25, -0.2) is 9.97 Å². The average molecular weight is 387 g/mol. The zero-order chi connectivity index (χ0) is 20.1. The highest BCUT2D eigenvalue weighted by Gasteiger charge is 2.19. The normalized spacial score (nSPS) is 14.5. The molecule has 1 aromatic heterocycles. The largest absolute Gasteiger partial charge is 0.493 e. The van der Waals surface area contributed by atoms with Gasteiger partial charge in [0.25, 0.3) is 5.91 Å². The Morgan fingerprint density at radius 3 is 2.18 bits per heavy atom. The number of piperazine rings is 1. The molecular weight excluding hydrogens is 362 g/mol. The third-order valence-electron chi connectivity index (χ3n) is 4.64. The van der Waals surface area contributed by atoms with Crippen molar-refractivity contribution in [2.24, 2.45) is 0 Å². The maximum Gasteiger partial charge on any atom is 0.274 e. The van der Waals surface area contributed by atoms with Crippen LogP contribution in [0.4, 0.5) is 11.5 Å². The minimum absolute atomic E-state index is 0.290. The summed E-state index contributed by atoms with van der Waals surface area (Å²) in [6.07, 6.45) is 1.41. The second-order valence-electron chi connectivity index (χ2n) is 6.42. The number of nitrogens with zero attached hydrogens (tertiary/aromatic N) is 4. The minimum atomic E-state index is -0.341. The Morgan fingerprint density at radius 1 is 0.964 bits per heavy atom. The van der Waals surface area contributed by atoms with Crippen LogP contribution in [0.2, 0.25) is 0 Å². The molecular formula is C19H25N5O4. The van der Waals surface area contributed by atoms with E-state index in [1.54, 1.807) is 18.2 Å². The first kappa shape index (κ1) is 19.7. The van der Waals surface area contributed by atoms with Crippen molar-refractivity contribution < 1.29 is 19.0 Å². The van der Waals surface area contributed by atoms with Crippen LogP contribution in [-0.2, 0) is 0 Å². The molecule has 0 spiro atoms. The first-order valence-corrected chi connectivity index (χ1v) is 8.92. The van der Waals surface area contributed by atoms with Crippen LogP contribution < -0.4 is 24.4 Å². The van der Waals surface area contributed by atoms with E-state index < -0.39 is 0 Å². The molecule has 1 aliphatic rings. The third kappa shape index (κ3) is 4.25. The van der Waals surface area contributed by atoms with Crippen LogP contribution in [0.15, 0.2) is 24.5 Å². The summed E-state index contributed by atoms with van der Waals surface area (Å²) in [4.78, 5) is 25.6. The van der Waals surface area contributed by atoms with Gasteiger partial charge in [-0.05, 0) is 7.05 Å². The fourth-order valence-corrected chi connectivity index (χ4v) is 3.03. The standard InChI is InChI=1S/C19H25N5O4/c1-23-5-7-24(8-6-23)17-11-14(20-12-21-17)19(25)22-13-9-15(26-2)18(28-4)16(10-13)27-3/h9-12H,5-8H2,1-4H3,(H,22,25). The lowest BCUT2D eigenvalue weighted by Gasteiger charge is -2.33. The van der Waals surface area contributed by atoms with Crippen molar-refractivity contribution in [3.8, 4) is 17.2 Å². The molecule has 0 aliphatic carbocycles. The highest BCUT2D eigenvalue weighted by molar-refractivity contribution is 6.03. The number of amides is 1. The van der Waals surface area contributed by atoms with E-state index in [0.29, 0.717) is 22.9 Å². The Labute approximate surface area is 164 Å². The number of carbonyl (C=O) groups excluding carboxylic acids is 1. The summed E-state index contributed by atoms with van der Waals surface area (Å²) in [5.41, 5.74) is 0.803. The van der Waals surface area contributed by atoms with Crippen LogP contribution in [0.25, 0.3) is 0 Å². The van der Waals surface area contributed by atoms with Gasteiger partial charge in [-0.1, -0.05) is 0 Å². The Morgan fingerprint density at radius 2 is 1.61 bits per heavy atom. The third-order valence-corrected chi connectivity index (χ3v) is 4.64. The lowest BCUT2D eigenvalue weighted by Crippen LogP contribution is -2.44. The Hall–Kier alpha value is -3.07. The maximum atomic E-state index is 12.7. The number of nitrogens with one attached hydrogen (secondary N) is 1. The molecule has 9 nitrogen and oxygen atoms in total. The molecule has 1 fully saturated rings. The quantitative estimate of drug-likeness (QED) is 0.798. The maximum absolute atomic E-state index is 12.7. The number of rotatable bonds is 6. The highest BCUT2D eigenvalue weighted by Crippen LogP contribution is 2.40. The van der Waals surface area contributed by atoms with Crippen molar-refractivity contribution in [1.82, 2.24) is 14.9 Å². The van der Waals surface area contributed by atoms with Crippen LogP contribution in [0, 0.1) is 0 Å². The molecule has 0 saturated carbocycles. The number of ether oxygens (including phenoxy) is 3. The molecule has 0 radical (unpaired) electrons. The molecule has 3 rings (SSSR count). The molecule has 150 valence electrons. The summed E-state index contributed by atoms with van der Waals surface area (Å²) in [6.45, 7) is 3.64. The molecule has 2 heterocycles. The fraction of sp³-hybridized carbons (Fsp3) is 0.421. The van der Waals surface area contributed by atoms with Gasteiger partial charge in [0, 0.05) is 50.1 Å². The van der Waals surface area contributed by atoms with Gasteiger partial charge in [0.2, 0.25) is 5.75 Å². The highest BCUT2D eigenvalue weighted by atomic mass is 16.5. The second kappa shape index (κ2) is 8.75. The molecule has 1 amide bonds. The molecule has 1 aromatic carbocycles. The summed E-state index contributed by atoms with van der Waals surface area (Å²) < 4.78 is 15.9. The lowest BCUT2D eigenvalue weighted by atomic mass is 10.2. The van der Waals surface area contributed by atoms with Gasteiger partial charge in [0.15, 0.2) is 11.5 Å². The van der Waals surface area contributed by atoms with Gasteiger partial charge in [0.1, 0.15) is 17.8 Å². The van der Waals surface area contributed by atoms with Gasteiger partial charge >= 0.3 is 0 Å². The average Bonchev–Trinajstić information content (AvgIpc) is 2.73. The lowest BCUT2D eigenvalue weighted by molar-refractivity contribution is 0.102. The molecule has 0 unspecified atom stereocenters. The molecule has 1 N–H and O–H groups in total. The molecule has 2 aromatic rings. The van der Waals surface area contributed by atoms with E-state index in [1.807, 2.05) is 0 Å². The zero-order valence-corrected chi connectivity index (χ0v) is 16.6. The smallest absolute Gasteiger partial charge is 0.274 e. The van der Waals surface area contributed by atoms with Crippen molar-refractivity contribution in [3.63, 3.8) is 0 Å². The number of aromatic nitrogens is 2. The summed E-state index contributed by atoms with van der Waals surface area (Å²) in [6, 6.07) is 5.04. The Bertz CT molecular complexity index is 812. The van der Waals surface area contributed by atoms with Gasteiger partial charge in [0.05, 0.1) is 21.3 Å². The number of hydrogen-bond acceptors (Lipinski definition) is 8. The second-order valence-corrected chi connectivity index (χ2v) is 6.42. The van der Waals surface area contributed by atoms with E-state index in [4.69, 9.17) is 14.2 Å². The van der Waals surface area contributed by atoms with Gasteiger partial charge in [-0.3, -0.25) is 4.79 Å². The van der Waals surface area contributed by atoms with E-state index >= 15 is 0 Å². The van der Waals surface area contributed by atoms with Crippen LogP contribution in [0.1, 0.15) is 10.5 Å². The topological polar surface area (TPSA) is 89.1 Å². The SMILES string of the molecule is COc1cc(NC(=O)c2cc(N3CCN(C)CC3)ncn2)cc(OC)c1OC. The predicted octanol–water partition coefficient (Wildman–Crippen LogP) is 1.51. The molecule has 0 bridgehead atoms. The van der Waals surface area contributed by atoms with Crippen LogP contribution >= 0.6 is 0 Å². The van der Waals surface area contributed by atoms with Crippen LogP contribution in [0.5, 0.6) is 17.2 Å². The fourth-order valence-electron chi connectivity index (χ4n) is 3.03. The van der Waals surface area contributed by atoms with E-state index in [9.17, 15) is 4.79 Å². The van der Waals surface area contributed by atoms with Crippen LogP contribution in [-0.4, -0.2) is 75.3 Å². The number of methoxy groups -OCH3 is 3. The van der Waals surface area contributed by atoms with Crippen molar-refractivity contribution in [3.05, 3.63) is 30.2 Å². The van der Waals surface area contributed by atoms with E-state index in [0.717, 1.165) is 32.0 Å². The molecule has 1 aliphatic heterocycles. The minimum Gasteiger partial charge on any atom is -0.493 e. The van der Waals surface area contributed by atoms with Gasteiger partial charge in [-0.2, -0.15) is 0 Å². The van der Waals surface area contributed by atoms with Gasteiger partial charge in [-0.15, -0.1) is 0 Å². The monoisotopic (exact) mass is 387 g/mol. The van der Waals surface area contributed by atoms with Crippen molar-refractivity contribution >= 4 is 17.4 Å². The molecule has 9 heteroatoms. The number of hydrogen-bond donors (Lipinski definition) is 1. The van der Waals surface area contributed by atoms with E-state index in [1.165, 1.54) is 27.7 Å². The number of anilines is 2. The number of benzene rings is 1. The number of carbonyl (C=O) groups is 1. The first-order valence-electron chi connectivity index (χ1n) is 8.92. The summed E-state index contributed by atoms with van der Waals surface area (Å²) in [5.74, 6) is 1.78. The Kier molecular flexibility index (Phi) is 6.15. The summed E-state index contributed by atoms with van der Waals surface area (Å²) in [7, 11) is 6.66. The molecule has 0 atom stereocenters. The van der Waals surface area contributed by atoms with Crippen molar-refractivity contribution in [2.45, 2.75) is 0 Å². The van der Waals surface area contributed by atoms with Crippen molar-refractivity contribution in [1.29, 1.82) is 0 Å². The van der Waals surface area contributed by atoms with Crippen LogP contribution in [0.3, 0.4) is 0 Å². The molecule has 1 saturated heterocycles. The first-order chi connectivity index (χ1) is 13.5. The molecule has 28 heavy (non-hydrogen) atoms.